The Morgan fingerprint density at radius 3 is 2.83 bits per heavy atom. The lowest BCUT2D eigenvalue weighted by Crippen LogP contribution is -2.27. The highest BCUT2D eigenvalue weighted by atomic mass is 16.5. The first-order valence-electron chi connectivity index (χ1n) is 5.17. The quantitative estimate of drug-likeness (QED) is 0.687. The predicted molar refractivity (Wildman–Crippen MR) is 49.1 cm³/mol. The molecule has 0 radical (unpaired) electrons. The zero-order valence-corrected chi connectivity index (χ0v) is 7.88. The molecule has 1 aliphatic heterocycles. The summed E-state index contributed by atoms with van der Waals surface area (Å²) in [5, 5.41) is 3.58. The van der Waals surface area contributed by atoms with Crippen molar-refractivity contribution in [3.63, 3.8) is 0 Å². The van der Waals surface area contributed by atoms with Crippen LogP contribution in [0.1, 0.15) is 26.2 Å². The van der Waals surface area contributed by atoms with Gasteiger partial charge in [0.1, 0.15) is 0 Å². The Morgan fingerprint density at radius 1 is 1.42 bits per heavy atom. The second-order valence-corrected chi connectivity index (χ2v) is 4.28. The van der Waals surface area contributed by atoms with Crippen molar-refractivity contribution in [2.24, 2.45) is 11.8 Å². The van der Waals surface area contributed by atoms with E-state index in [0.717, 1.165) is 31.1 Å². The fourth-order valence-corrected chi connectivity index (χ4v) is 1.81. The van der Waals surface area contributed by atoms with Crippen LogP contribution in [0.25, 0.3) is 0 Å². The van der Waals surface area contributed by atoms with Crippen molar-refractivity contribution in [1.29, 1.82) is 0 Å². The van der Waals surface area contributed by atoms with E-state index in [4.69, 9.17) is 4.74 Å². The number of nitrogens with one attached hydrogen (secondary N) is 1. The molecule has 0 aromatic rings. The normalized spacial score (nSPS) is 32.2. The second kappa shape index (κ2) is 3.75. The first-order valence-corrected chi connectivity index (χ1v) is 5.17. The van der Waals surface area contributed by atoms with E-state index in [0.29, 0.717) is 0 Å². The zero-order chi connectivity index (χ0) is 8.39. The van der Waals surface area contributed by atoms with Crippen molar-refractivity contribution in [1.82, 2.24) is 5.32 Å². The molecule has 2 nitrogen and oxygen atoms in total. The largest absolute Gasteiger partial charge is 0.381 e. The average Bonchev–Trinajstić information content (AvgIpc) is 2.74. The Labute approximate surface area is 74.7 Å². The topological polar surface area (TPSA) is 21.3 Å². The molecule has 0 aromatic carbocycles. The van der Waals surface area contributed by atoms with E-state index in [2.05, 4.69) is 12.2 Å². The van der Waals surface area contributed by atoms with Crippen molar-refractivity contribution in [2.75, 3.05) is 19.8 Å². The van der Waals surface area contributed by atoms with Gasteiger partial charge in [0, 0.05) is 19.3 Å². The van der Waals surface area contributed by atoms with Crippen molar-refractivity contribution in [2.45, 2.75) is 32.2 Å². The molecule has 2 heteroatoms. The Morgan fingerprint density at radius 2 is 2.25 bits per heavy atom. The van der Waals surface area contributed by atoms with E-state index in [9.17, 15) is 0 Å². The van der Waals surface area contributed by atoms with Gasteiger partial charge < -0.3 is 10.1 Å². The van der Waals surface area contributed by atoms with E-state index in [1.807, 2.05) is 0 Å². The first-order chi connectivity index (χ1) is 5.86. The molecule has 1 N–H and O–H groups in total. The molecule has 2 atom stereocenters. The van der Waals surface area contributed by atoms with E-state index >= 15 is 0 Å². The fraction of sp³-hybridized carbons (Fsp3) is 1.00. The lowest BCUT2D eigenvalue weighted by atomic mass is 9.93. The standard InChI is InChI=1S/C10H19NO/c1-8(6-11-10-2-3-10)9-4-5-12-7-9/h8-11H,2-7H2,1H3. The minimum absolute atomic E-state index is 0.799. The summed E-state index contributed by atoms with van der Waals surface area (Å²) in [4.78, 5) is 0. The molecule has 70 valence electrons. The first kappa shape index (κ1) is 8.52. The Balaban J connectivity index is 1.64. The summed E-state index contributed by atoms with van der Waals surface area (Å²) in [5.74, 6) is 1.62. The molecule has 1 aliphatic carbocycles. The number of hydrogen-bond acceptors (Lipinski definition) is 2. The average molecular weight is 169 g/mol. The fourth-order valence-electron chi connectivity index (χ4n) is 1.81. The lowest BCUT2D eigenvalue weighted by molar-refractivity contribution is 0.173. The summed E-state index contributed by atoms with van der Waals surface area (Å²) >= 11 is 0. The molecular formula is C10H19NO. The highest BCUT2D eigenvalue weighted by Crippen LogP contribution is 2.23. The lowest BCUT2D eigenvalue weighted by Gasteiger charge is -2.17. The van der Waals surface area contributed by atoms with Gasteiger partial charge in [-0.05, 0) is 37.6 Å². The molecule has 2 fully saturated rings. The molecule has 0 spiro atoms. The van der Waals surface area contributed by atoms with Gasteiger partial charge in [-0.3, -0.25) is 0 Å². The predicted octanol–water partition coefficient (Wildman–Crippen LogP) is 1.41. The van der Waals surface area contributed by atoms with Crippen LogP contribution in [0.15, 0.2) is 0 Å². The maximum Gasteiger partial charge on any atom is 0.0498 e. The molecule has 1 saturated heterocycles. The van der Waals surface area contributed by atoms with Gasteiger partial charge >= 0.3 is 0 Å². The van der Waals surface area contributed by atoms with Crippen LogP contribution in [0.4, 0.5) is 0 Å². The molecular weight excluding hydrogens is 150 g/mol. The van der Waals surface area contributed by atoms with Crippen LogP contribution < -0.4 is 5.32 Å². The summed E-state index contributed by atoms with van der Waals surface area (Å²) in [5.41, 5.74) is 0. The number of ether oxygens (including phenoxy) is 1. The molecule has 1 saturated carbocycles. The Bertz CT molecular complexity index is 139. The molecule has 2 aliphatic rings. The van der Waals surface area contributed by atoms with Gasteiger partial charge in [0.2, 0.25) is 0 Å². The van der Waals surface area contributed by atoms with E-state index < -0.39 is 0 Å². The SMILES string of the molecule is CC(CNC1CC1)C1CCOC1. The Hall–Kier alpha value is -0.0800. The van der Waals surface area contributed by atoms with Crippen molar-refractivity contribution in [3.05, 3.63) is 0 Å². The summed E-state index contributed by atoms with van der Waals surface area (Å²) in [6.45, 7) is 5.51. The highest BCUT2D eigenvalue weighted by Gasteiger charge is 2.25. The van der Waals surface area contributed by atoms with Crippen LogP contribution in [0.3, 0.4) is 0 Å². The maximum absolute atomic E-state index is 5.37. The summed E-state index contributed by atoms with van der Waals surface area (Å²) in [6.07, 6.45) is 4.06. The van der Waals surface area contributed by atoms with Gasteiger partial charge in [-0.2, -0.15) is 0 Å². The van der Waals surface area contributed by atoms with Crippen LogP contribution in [0.2, 0.25) is 0 Å². The van der Waals surface area contributed by atoms with Gasteiger partial charge in [-0.1, -0.05) is 6.92 Å². The molecule has 0 amide bonds. The second-order valence-electron chi connectivity index (χ2n) is 4.28. The van der Waals surface area contributed by atoms with Gasteiger partial charge in [0.25, 0.3) is 0 Å². The number of rotatable bonds is 4. The van der Waals surface area contributed by atoms with E-state index in [1.54, 1.807) is 0 Å². The monoisotopic (exact) mass is 169 g/mol. The molecule has 0 bridgehead atoms. The summed E-state index contributed by atoms with van der Waals surface area (Å²) in [7, 11) is 0. The van der Waals surface area contributed by atoms with Crippen LogP contribution in [0.5, 0.6) is 0 Å². The Kier molecular flexibility index (Phi) is 2.66. The van der Waals surface area contributed by atoms with E-state index in [-0.39, 0.29) is 0 Å². The van der Waals surface area contributed by atoms with Gasteiger partial charge in [-0.25, -0.2) is 0 Å². The minimum atomic E-state index is 0.799. The van der Waals surface area contributed by atoms with Crippen LogP contribution >= 0.6 is 0 Å². The molecule has 2 unspecified atom stereocenters. The van der Waals surface area contributed by atoms with Gasteiger partial charge in [0.15, 0.2) is 0 Å². The summed E-state index contributed by atoms with van der Waals surface area (Å²) in [6, 6.07) is 0.856. The third kappa shape index (κ3) is 2.20. The van der Waals surface area contributed by atoms with Gasteiger partial charge in [-0.15, -0.1) is 0 Å². The van der Waals surface area contributed by atoms with Crippen LogP contribution in [0, 0.1) is 11.8 Å². The minimum Gasteiger partial charge on any atom is -0.381 e. The van der Waals surface area contributed by atoms with Crippen LogP contribution in [-0.4, -0.2) is 25.8 Å². The third-order valence-corrected chi connectivity index (χ3v) is 3.08. The van der Waals surface area contributed by atoms with Crippen molar-refractivity contribution in [3.8, 4) is 0 Å². The van der Waals surface area contributed by atoms with Gasteiger partial charge in [0.05, 0.1) is 0 Å². The third-order valence-electron chi connectivity index (χ3n) is 3.08. The molecule has 0 aromatic heterocycles. The van der Waals surface area contributed by atoms with Crippen LogP contribution in [-0.2, 0) is 4.74 Å². The maximum atomic E-state index is 5.37. The number of hydrogen-bond donors (Lipinski definition) is 1. The van der Waals surface area contributed by atoms with Crippen molar-refractivity contribution >= 4 is 0 Å². The molecule has 2 rings (SSSR count). The molecule has 1 heterocycles. The van der Waals surface area contributed by atoms with E-state index in [1.165, 1.54) is 25.8 Å². The zero-order valence-electron chi connectivity index (χ0n) is 7.88. The smallest absolute Gasteiger partial charge is 0.0498 e. The van der Waals surface area contributed by atoms with Crippen molar-refractivity contribution < 1.29 is 4.74 Å². The molecule has 12 heavy (non-hydrogen) atoms. The summed E-state index contributed by atoms with van der Waals surface area (Å²) < 4.78 is 5.37. The highest BCUT2D eigenvalue weighted by molar-refractivity contribution is 4.82.